The average Bonchev–Trinajstić information content (AvgIpc) is 3.32. The molecule has 2 aliphatic rings. The number of hydrogen-bond donors (Lipinski definition) is 2. The predicted octanol–water partition coefficient (Wildman–Crippen LogP) is 4.90. The number of nitrogen functional groups attached to an aromatic ring is 1. The lowest BCUT2D eigenvalue weighted by Gasteiger charge is -2.47. The Morgan fingerprint density at radius 2 is 1.89 bits per heavy atom. The van der Waals surface area contributed by atoms with Gasteiger partial charge in [-0.3, -0.25) is 0 Å². The molecule has 0 atom stereocenters. The summed E-state index contributed by atoms with van der Waals surface area (Å²) in [6, 6.07) is 12.8. The number of pyridine rings is 2. The summed E-state index contributed by atoms with van der Waals surface area (Å²) in [5, 5.41) is -0.131. The standard InChI is InChI=1S/C28H34FN5O3S/c1-19(2)18-37-23-15-21(14-22(29)16-23)24-9-8-20(17-31-38(35,36)26-7-3-6-25(30)33-26)27(32-24)34-13-5-12-28(34)10-4-11-28/h3,6-9,14-16,19,31H,4-5,10-13,17-18H2,1-2H3,(H2,30,33). The summed E-state index contributed by atoms with van der Waals surface area (Å²) in [6.45, 7) is 5.45. The van der Waals surface area contributed by atoms with Crippen molar-refractivity contribution in [2.45, 2.75) is 63.1 Å². The zero-order chi connectivity index (χ0) is 26.9. The van der Waals surface area contributed by atoms with Crippen molar-refractivity contribution in [1.29, 1.82) is 0 Å². The van der Waals surface area contributed by atoms with Gasteiger partial charge >= 0.3 is 0 Å². The normalized spacial score (nSPS) is 16.7. The Kier molecular flexibility index (Phi) is 7.28. The predicted molar refractivity (Wildman–Crippen MR) is 146 cm³/mol. The molecule has 38 heavy (non-hydrogen) atoms. The Balaban J connectivity index is 1.49. The fourth-order valence-electron chi connectivity index (χ4n) is 5.27. The van der Waals surface area contributed by atoms with E-state index in [4.69, 9.17) is 15.5 Å². The third-order valence-electron chi connectivity index (χ3n) is 7.32. The number of halogens is 1. The van der Waals surface area contributed by atoms with Gasteiger partial charge in [-0.25, -0.2) is 27.5 Å². The van der Waals surface area contributed by atoms with E-state index in [1.54, 1.807) is 18.2 Å². The molecule has 0 amide bonds. The van der Waals surface area contributed by atoms with Crippen LogP contribution in [0.4, 0.5) is 16.0 Å². The molecule has 2 fully saturated rings. The van der Waals surface area contributed by atoms with E-state index in [2.05, 4.69) is 14.6 Å². The first kappa shape index (κ1) is 26.4. The molecule has 1 aromatic carbocycles. The van der Waals surface area contributed by atoms with E-state index in [-0.39, 0.29) is 22.9 Å². The molecule has 10 heteroatoms. The number of nitrogens with zero attached hydrogens (tertiary/aromatic N) is 3. The van der Waals surface area contributed by atoms with Crippen molar-refractivity contribution in [2.24, 2.45) is 5.92 Å². The fraction of sp³-hybridized carbons (Fsp3) is 0.429. The number of rotatable bonds is 9. The van der Waals surface area contributed by atoms with E-state index in [0.29, 0.717) is 29.5 Å². The molecule has 0 bridgehead atoms. The minimum atomic E-state index is -3.88. The van der Waals surface area contributed by atoms with Crippen LogP contribution in [-0.2, 0) is 16.6 Å². The number of hydrogen-bond acceptors (Lipinski definition) is 7. The zero-order valence-corrected chi connectivity index (χ0v) is 22.6. The van der Waals surface area contributed by atoms with Crippen molar-refractivity contribution in [3.05, 3.63) is 59.9 Å². The fourth-order valence-corrected chi connectivity index (χ4v) is 6.24. The molecule has 1 saturated heterocycles. The summed E-state index contributed by atoms with van der Waals surface area (Å²) in [6.07, 6.45) is 5.48. The van der Waals surface area contributed by atoms with Crippen LogP contribution in [0.1, 0.15) is 51.5 Å². The van der Waals surface area contributed by atoms with Crippen LogP contribution in [-0.4, -0.2) is 37.1 Å². The van der Waals surface area contributed by atoms with Gasteiger partial charge in [0, 0.05) is 35.8 Å². The van der Waals surface area contributed by atoms with E-state index >= 15 is 0 Å². The molecule has 5 rings (SSSR count). The van der Waals surface area contributed by atoms with E-state index in [1.165, 1.54) is 30.7 Å². The first-order chi connectivity index (χ1) is 18.1. The van der Waals surface area contributed by atoms with Gasteiger partial charge in [0.1, 0.15) is 23.2 Å². The average molecular weight is 540 g/mol. The van der Waals surface area contributed by atoms with Crippen molar-refractivity contribution in [3.8, 4) is 17.0 Å². The van der Waals surface area contributed by atoms with Gasteiger partial charge in [0.2, 0.25) is 0 Å². The lowest BCUT2D eigenvalue weighted by atomic mass is 9.75. The molecule has 1 spiro atoms. The lowest BCUT2D eigenvalue weighted by Crippen LogP contribution is -2.50. The molecule has 3 heterocycles. The Morgan fingerprint density at radius 1 is 1.11 bits per heavy atom. The summed E-state index contributed by atoms with van der Waals surface area (Å²) in [5.41, 5.74) is 7.73. The van der Waals surface area contributed by atoms with Gasteiger partial charge in [-0.05, 0) is 68.4 Å². The van der Waals surface area contributed by atoms with Crippen LogP contribution in [0, 0.1) is 11.7 Å². The number of nitrogens with one attached hydrogen (secondary N) is 1. The summed E-state index contributed by atoms with van der Waals surface area (Å²) in [5.74, 6) is 1.24. The van der Waals surface area contributed by atoms with Gasteiger partial charge in [0.25, 0.3) is 10.0 Å². The summed E-state index contributed by atoms with van der Waals surface area (Å²) >= 11 is 0. The minimum absolute atomic E-state index is 0.0416. The van der Waals surface area contributed by atoms with Gasteiger partial charge < -0.3 is 15.4 Å². The van der Waals surface area contributed by atoms with Crippen molar-refractivity contribution >= 4 is 21.7 Å². The topological polar surface area (TPSA) is 110 Å². The number of anilines is 2. The first-order valence-electron chi connectivity index (χ1n) is 13.1. The molecule has 3 N–H and O–H groups in total. The Labute approximate surface area is 223 Å². The maximum Gasteiger partial charge on any atom is 0.258 e. The molecule has 0 radical (unpaired) electrons. The van der Waals surface area contributed by atoms with Crippen molar-refractivity contribution in [3.63, 3.8) is 0 Å². The van der Waals surface area contributed by atoms with E-state index in [1.807, 2.05) is 19.9 Å². The van der Waals surface area contributed by atoms with Crippen molar-refractivity contribution in [1.82, 2.24) is 14.7 Å². The van der Waals surface area contributed by atoms with Crippen LogP contribution in [0.3, 0.4) is 0 Å². The first-order valence-corrected chi connectivity index (χ1v) is 14.6. The SMILES string of the molecule is CC(C)COc1cc(F)cc(-c2ccc(CNS(=O)(=O)c3cccc(N)n3)c(N3CCCC34CCC4)n2)c1. The second-order valence-electron chi connectivity index (χ2n) is 10.6. The minimum Gasteiger partial charge on any atom is -0.493 e. The Morgan fingerprint density at radius 3 is 2.61 bits per heavy atom. The molecule has 202 valence electrons. The van der Waals surface area contributed by atoms with Gasteiger partial charge in [-0.15, -0.1) is 0 Å². The maximum atomic E-state index is 14.5. The quantitative estimate of drug-likeness (QED) is 0.398. The molecule has 8 nitrogen and oxygen atoms in total. The van der Waals surface area contributed by atoms with Gasteiger partial charge in [-0.1, -0.05) is 26.0 Å². The molecule has 1 saturated carbocycles. The van der Waals surface area contributed by atoms with E-state index in [0.717, 1.165) is 43.6 Å². The molecule has 0 unspecified atom stereocenters. The number of aromatic nitrogens is 2. The zero-order valence-electron chi connectivity index (χ0n) is 21.8. The summed E-state index contributed by atoms with van der Waals surface area (Å²) in [4.78, 5) is 11.3. The molecular formula is C28H34FN5O3S. The monoisotopic (exact) mass is 539 g/mol. The highest BCUT2D eigenvalue weighted by atomic mass is 32.2. The molecule has 2 aromatic heterocycles. The number of sulfonamides is 1. The highest BCUT2D eigenvalue weighted by molar-refractivity contribution is 7.89. The van der Waals surface area contributed by atoms with Gasteiger partial charge in [0.05, 0.1) is 12.3 Å². The number of ether oxygens (including phenoxy) is 1. The second-order valence-corrected chi connectivity index (χ2v) is 12.3. The largest absolute Gasteiger partial charge is 0.493 e. The Bertz CT molecular complexity index is 1430. The smallest absolute Gasteiger partial charge is 0.258 e. The lowest BCUT2D eigenvalue weighted by molar-refractivity contribution is 0.249. The van der Waals surface area contributed by atoms with E-state index < -0.39 is 15.8 Å². The van der Waals surface area contributed by atoms with Crippen molar-refractivity contribution in [2.75, 3.05) is 23.8 Å². The molecule has 1 aliphatic carbocycles. The van der Waals surface area contributed by atoms with Crippen LogP contribution >= 0.6 is 0 Å². The number of nitrogens with two attached hydrogens (primary N) is 1. The third-order valence-corrected chi connectivity index (χ3v) is 8.62. The van der Waals surface area contributed by atoms with Crippen LogP contribution in [0.2, 0.25) is 0 Å². The van der Waals surface area contributed by atoms with E-state index in [9.17, 15) is 12.8 Å². The maximum absolute atomic E-state index is 14.5. The Hall–Kier alpha value is -3.24. The molecular weight excluding hydrogens is 505 g/mol. The van der Waals surface area contributed by atoms with Crippen LogP contribution in [0.25, 0.3) is 11.3 Å². The van der Waals surface area contributed by atoms with Gasteiger partial charge in [0.15, 0.2) is 5.03 Å². The molecule has 3 aromatic rings. The highest BCUT2D eigenvalue weighted by Crippen LogP contribution is 2.48. The molecule has 1 aliphatic heterocycles. The van der Waals surface area contributed by atoms with Crippen LogP contribution in [0.15, 0.2) is 53.6 Å². The van der Waals surface area contributed by atoms with Gasteiger partial charge in [-0.2, -0.15) is 0 Å². The van der Waals surface area contributed by atoms with Crippen molar-refractivity contribution < 1.29 is 17.5 Å². The summed E-state index contributed by atoms with van der Waals surface area (Å²) < 4.78 is 48.9. The second kappa shape index (κ2) is 10.5. The highest BCUT2D eigenvalue weighted by Gasteiger charge is 2.46. The summed E-state index contributed by atoms with van der Waals surface area (Å²) in [7, 11) is -3.88. The number of benzene rings is 1. The van der Waals surface area contributed by atoms with Crippen LogP contribution < -0.4 is 20.1 Å². The third kappa shape index (κ3) is 5.47. The van der Waals surface area contributed by atoms with Crippen LogP contribution in [0.5, 0.6) is 5.75 Å².